The van der Waals surface area contributed by atoms with Crippen molar-refractivity contribution in [3.05, 3.63) is 61.0 Å². The molecular formula is C22H27N5O2. The lowest BCUT2D eigenvalue weighted by molar-refractivity contribution is -0.122. The number of hydrogen-bond donors (Lipinski definition) is 1. The van der Waals surface area contributed by atoms with Crippen molar-refractivity contribution in [2.45, 2.75) is 26.3 Å². The third-order valence-corrected chi connectivity index (χ3v) is 5.11. The summed E-state index contributed by atoms with van der Waals surface area (Å²) in [5.74, 6) is -0.416. The minimum absolute atomic E-state index is 0.137. The van der Waals surface area contributed by atoms with Crippen LogP contribution >= 0.6 is 0 Å². The number of anilines is 3. The molecule has 1 N–H and O–H groups in total. The van der Waals surface area contributed by atoms with E-state index in [1.165, 1.54) is 0 Å². The maximum atomic E-state index is 13.8. The van der Waals surface area contributed by atoms with Crippen molar-refractivity contribution >= 4 is 28.9 Å². The van der Waals surface area contributed by atoms with E-state index in [-0.39, 0.29) is 11.8 Å². The first-order valence-electron chi connectivity index (χ1n) is 9.70. The average Bonchev–Trinajstić information content (AvgIpc) is 2.97. The zero-order chi connectivity index (χ0) is 21.1. The summed E-state index contributed by atoms with van der Waals surface area (Å²) in [6, 6.07) is 6.88. The summed E-state index contributed by atoms with van der Waals surface area (Å²) in [6.45, 7) is 12.5. The van der Waals surface area contributed by atoms with Gasteiger partial charge in [0.1, 0.15) is 5.69 Å². The highest BCUT2D eigenvalue weighted by Gasteiger charge is 2.37. The second-order valence-electron chi connectivity index (χ2n) is 6.97. The van der Waals surface area contributed by atoms with E-state index >= 15 is 0 Å². The van der Waals surface area contributed by atoms with E-state index < -0.39 is 6.04 Å². The van der Waals surface area contributed by atoms with Gasteiger partial charge in [-0.25, -0.2) is 0 Å². The van der Waals surface area contributed by atoms with Crippen molar-refractivity contribution < 1.29 is 9.59 Å². The Kier molecular flexibility index (Phi) is 5.98. The van der Waals surface area contributed by atoms with Gasteiger partial charge in [-0.2, -0.15) is 5.10 Å². The molecule has 1 atom stereocenters. The highest BCUT2D eigenvalue weighted by Crippen LogP contribution is 2.40. The molecule has 1 aromatic heterocycles. The first kappa shape index (κ1) is 20.5. The Hall–Kier alpha value is -3.19. The van der Waals surface area contributed by atoms with Crippen LogP contribution in [0, 0.1) is 0 Å². The Morgan fingerprint density at radius 2 is 1.93 bits per heavy atom. The van der Waals surface area contributed by atoms with Crippen LogP contribution in [0.1, 0.15) is 30.0 Å². The number of carbonyl (C=O) groups excluding carboxylic acids is 2. The van der Waals surface area contributed by atoms with Crippen LogP contribution in [0.25, 0.3) is 0 Å². The van der Waals surface area contributed by atoms with Gasteiger partial charge in [0.15, 0.2) is 5.69 Å². The molecular weight excluding hydrogens is 366 g/mol. The number of hydrogen-bond acceptors (Lipinski definition) is 4. The number of rotatable bonds is 7. The predicted molar refractivity (Wildman–Crippen MR) is 116 cm³/mol. The molecule has 1 unspecified atom stereocenters. The molecule has 0 fully saturated rings. The van der Waals surface area contributed by atoms with Crippen molar-refractivity contribution in [1.82, 2.24) is 14.7 Å². The van der Waals surface area contributed by atoms with Crippen molar-refractivity contribution in [2.75, 3.05) is 23.3 Å². The first-order valence-corrected chi connectivity index (χ1v) is 9.70. The van der Waals surface area contributed by atoms with E-state index in [0.29, 0.717) is 48.0 Å². The minimum Gasteiger partial charge on any atom is -0.319 e. The van der Waals surface area contributed by atoms with Gasteiger partial charge in [0.25, 0.3) is 5.91 Å². The van der Waals surface area contributed by atoms with Crippen LogP contribution in [0.2, 0.25) is 0 Å². The monoisotopic (exact) mass is 393 g/mol. The lowest BCUT2D eigenvalue weighted by Gasteiger charge is -2.31. The second-order valence-corrected chi connectivity index (χ2v) is 6.97. The molecule has 2 aromatic rings. The number of nitrogens with zero attached hydrogens (tertiary/aromatic N) is 4. The van der Waals surface area contributed by atoms with E-state index in [1.807, 2.05) is 36.9 Å². The fraction of sp³-hybridized carbons (Fsp3) is 0.318. The van der Waals surface area contributed by atoms with Crippen LogP contribution in [0.4, 0.5) is 17.1 Å². The summed E-state index contributed by atoms with van der Waals surface area (Å²) in [6.07, 6.45) is 4.13. The van der Waals surface area contributed by atoms with Crippen LogP contribution in [-0.2, 0) is 18.3 Å². The van der Waals surface area contributed by atoms with Gasteiger partial charge >= 0.3 is 0 Å². The van der Waals surface area contributed by atoms with Gasteiger partial charge in [0.05, 0.1) is 23.1 Å². The van der Waals surface area contributed by atoms with Gasteiger partial charge in [-0.3, -0.25) is 24.1 Å². The number of fused-ring (bicyclic) bond motifs is 2. The number of para-hydroxylation sites is 2. The molecule has 2 heterocycles. The normalized spacial score (nSPS) is 13.9. The van der Waals surface area contributed by atoms with Gasteiger partial charge in [-0.15, -0.1) is 13.2 Å². The van der Waals surface area contributed by atoms with E-state index in [4.69, 9.17) is 0 Å². The SMILES string of the molecule is C=CCN(CC=C)C(C)C(=O)N1c2ccccc2NC(=O)c2c1c(CC)nn2C. The van der Waals surface area contributed by atoms with E-state index in [9.17, 15) is 9.59 Å². The van der Waals surface area contributed by atoms with Gasteiger partial charge in [-0.05, 0) is 25.5 Å². The third kappa shape index (κ3) is 3.61. The number of aryl methyl sites for hydroxylation is 2. The Bertz CT molecular complexity index is 952. The molecule has 3 rings (SSSR count). The smallest absolute Gasteiger partial charge is 0.276 e. The summed E-state index contributed by atoms with van der Waals surface area (Å²) in [4.78, 5) is 30.4. The fourth-order valence-corrected chi connectivity index (χ4v) is 3.67. The summed E-state index contributed by atoms with van der Waals surface area (Å²) in [5.41, 5.74) is 2.85. The van der Waals surface area contributed by atoms with Crippen LogP contribution in [0.5, 0.6) is 0 Å². The topological polar surface area (TPSA) is 70.5 Å². The quantitative estimate of drug-likeness (QED) is 0.733. The van der Waals surface area contributed by atoms with Crippen molar-refractivity contribution in [2.24, 2.45) is 7.05 Å². The molecule has 0 saturated heterocycles. The number of aromatic nitrogens is 2. The average molecular weight is 393 g/mol. The number of benzene rings is 1. The van der Waals surface area contributed by atoms with Crippen LogP contribution in [0.15, 0.2) is 49.6 Å². The van der Waals surface area contributed by atoms with E-state index in [1.54, 1.807) is 34.8 Å². The molecule has 0 saturated carbocycles. The Balaban J connectivity index is 2.20. The number of amides is 2. The molecule has 7 nitrogen and oxygen atoms in total. The van der Waals surface area contributed by atoms with E-state index in [2.05, 4.69) is 23.6 Å². The molecule has 0 aliphatic carbocycles. The standard InChI is InChI=1S/C22H27N5O2/c1-6-13-26(14-7-2)15(4)22(29)27-18-12-10-9-11-17(18)23-21(28)20-19(27)16(8-3)24-25(20)5/h6-7,9-12,15H,1-2,8,13-14H2,3-5H3,(H,23,28). The van der Waals surface area contributed by atoms with Crippen molar-refractivity contribution in [1.29, 1.82) is 0 Å². The maximum absolute atomic E-state index is 13.8. The zero-order valence-corrected chi connectivity index (χ0v) is 17.2. The minimum atomic E-state index is -0.454. The van der Waals surface area contributed by atoms with Crippen LogP contribution in [-0.4, -0.2) is 45.6 Å². The summed E-state index contributed by atoms with van der Waals surface area (Å²) in [5, 5.41) is 7.42. The van der Waals surface area contributed by atoms with Crippen molar-refractivity contribution in [3.8, 4) is 0 Å². The van der Waals surface area contributed by atoms with Gasteiger partial charge in [-0.1, -0.05) is 31.2 Å². The molecule has 7 heteroatoms. The third-order valence-electron chi connectivity index (χ3n) is 5.11. The summed E-state index contributed by atoms with van der Waals surface area (Å²) >= 11 is 0. The molecule has 1 aromatic carbocycles. The Morgan fingerprint density at radius 1 is 1.28 bits per heavy atom. The highest BCUT2D eigenvalue weighted by atomic mass is 16.2. The van der Waals surface area contributed by atoms with E-state index in [0.717, 1.165) is 0 Å². The lowest BCUT2D eigenvalue weighted by Crippen LogP contribution is -2.46. The predicted octanol–water partition coefficient (Wildman–Crippen LogP) is 3.28. The summed E-state index contributed by atoms with van der Waals surface area (Å²) in [7, 11) is 1.72. The molecule has 152 valence electrons. The summed E-state index contributed by atoms with van der Waals surface area (Å²) < 4.78 is 1.55. The Morgan fingerprint density at radius 3 is 2.55 bits per heavy atom. The van der Waals surface area contributed by atoms with Crippen LogP contribution in [0.3, 0.4) is 0 Å². The van der Waals surface area contributed by atoms with Gasteiger partial charge in [0, 0.05) is 20.1 Å². The molecule has 2 amide bonds. The number of carbonyl (C=O) groups is 2. The Labute approximate surface area is 171 Å². The maximum Gasteiger partial charge on any atom is 0.276 e. The molecule has 29 heavy (non-hydrogen) atoms. The molecule has 0 spiro atoms. The van der Waals surface area contributed by atoms with Gasteiger partial charge < -0.3 is 5.32 Å². The van der Waals surface area contributed by atoms with Crippen molar-refractivity contribution in [3.63, 3.8) is 0 Å². The van der Waals surface area contributed by atoms with Crippen LogP contribution < -0.4 is 10.2 Å². The lowest BCUT2D eigenvalue weighted by atomic mass is 10.1. The first-order chi connectivity index (χ1) is 13.9. The molecule has 1 aliphatic heterocycles. The second kappa shape index (κ2) is 8.45. The fourth-order valence-electron chi connectivity index (χ4n) is 3.67. The number of nitrogens with one attached hydrogen (secondary N) is 1. The molecule has 1 aliphatic rings. The molecule has 0 radical (unpaired) electrons. The highest BCUT2D eigenvalue weighted by molar-refractivity contribution is 6.18. The largest absolute Gasteiger partial charge is 0.319 e. The molecule has 0 bridgehead atoms. The zero-order valence-electron chi connectivity index (χ0n) is 17.2. The van der Waals surface area contributed by atoms with Gasteiger partial charge in [0.2, 0.25) is 5.91 Å².